The molecular weight excluding hydrogens is 299 g/mol. The van der Waals surface area contributed by atoms with Gasteiger partial charge in [0.15, 0.2) is 6.61 Å². The minimum Gasteiger partial charge on any atom is -0.482 e. The van der Waals surface area contributed by atoms with E-state index in [0.29, 0.717) is 5.56 Å². The summed E-state index contributed by atoms with van der Waals surface area (Å²) in [5.74, 6) is -0.754. The van der Waals surface area contributed by atoms with E-state index in [1.165, 1.54) is 12.1 Å². The fraction of sp³-hybridized carbons (Fsp3) is 0.417. The van der Waals surface area contributed by atoms with E-state index in [-0.39, 0.29) is 10.8 Å². The lowest BCUT2D eigenvalue weighted by Crippen LogP contribution is -2.36. The van der Waals surface area contributed by atoms with Gasteiger partial charge in [0.05, 0.1) is 11.1 Å². The third-order valence-electron chi connectivity index (χ3n) is 2.28. The zero-order valence-corrected chi connectivity index (χ0v) is 11.3. The van der Waals surface area contributed by atoms with Gasteiger partial charge < -0.3 is 15.2 Å². The fourth-order valence-corrected chi connectivity index (χ4v) is 1.53. The van der Waals surface area contributed by atoms with E-state index < -0.39 is 31.3 Å². The molecule has 1 rings (SSSR count). The lowest BCUT2D eigenvalue weighted by molar-refractivity contribution is -0.139. The van der Waals surface area contributed by atoms with E-state index in [1.807, 2.05) is 0 Å². The molecule has 112 valence electrons. The molecular formula is C12H13ClF3NO3. The average molecular weight is 312 g/mol. The average Bonchev–Trinajstić information content (AvgIpc) is 2.33. The molecule has 0 fully saturated rings. The number of aliphatic hydroxyl groups is 1. The lowest BCUT2D eigenvalue weighted by atomic mass is 10.1. The van der Waals surface area contributed by atoms with Crippen LogP contribution in [0, 0.1) is 0 Å². The maximum Gasteiger partial charge on any atom is 0.405 e. The van der Waals surface area contributed by atoms with Crippen molar-refractivity contribution in [3.05, 3.63) is 28.8 Å². The van der Waals surface area contributed by atoms with Crippen molar-refractivity contribution in [2.75, 3.05) is 13.2 Å². The molecule has 1 aromatic rings. The van der Waals surface area contributed by atoms with Crippen LogP contribution in [0.3, 0.4) is 0 Å². The highest BCUT2D eigenvalue weighted by atomic mass is 35.5. The highest BCUT2D eigenvalue weighted by Gasteiger charge is 2.27. The summed E-state index contributed by atoms with van der Waals surface area (Å²) in [4.78, 5) is 11.1. The summed E-state index contributed by atoms with van der Waals surface area (Å²) in [5.41, 5.74) is 0.559. The van der Waals surface area contributed by atoms with E-state index in [2.05, 4.69) is 0 Å². The zero-order valence-electron chi connectivity index (χ0n) is 10.5. The van der Waals surface area contributed by atoms with Crippen LogP contribution in [-0.2, 0) is 4.79 Å². The van der Waals surface area contributed by atoms with Crippen LogP contribution < -0.4 is 10.1 Å². The first kappa shape index (κ1) is 16.6. The van der Waals surface area contributed by atoms with Crippen molar-refractivity contribution in [2.45, 2.75) is 19.2 Å². The third kappa shape index (κ3) is 5.66. The number of hydrogen-bond acceptors (Lipinski definition) is 3. The Kier molecular flexibility index (Phi) is 5.64. The van der Waals surface area contributed by atoms with E-state index >= 15 is 0 Å². The summed E-state index contributed by atoms with van der Waals surface area (Å²) < 4.78 is 40.6. The van der Waals surface area contributed by atoms with Gasteiger partial charge in [0, 0.05) is 0 Å². The first-order valence-electron chi connectivity index (χ1n) is 5.63. The Hall–Kier alpha value is -1.47. The minimum atomic E-state index is -4.47. The molecule has 1 atom stereocenters. The second-order valence-corrected chi connectivity index (χ2v) is 4.45. The van der Waals surface area contributed by atoms with Crippen LogP contribution >= 0.6 is 11.6 Å². The van der Waals surface area contributed by atoms with Gasteiger partial charge in [-0.05, 0) is 24.6 Å². The summed E-state index contributed by atoms with van der Waals surface area (Å²) in [5, 5.41) is 11.2. The Morgan fingerprint density at radius 1 is 1.50 bits per heavy atom. The molecule has 1 amide bonds. The van der Waals surface area contributed by atoms with E-state index in [0.717, 1.165) is 0 Å². The minimum absolute atomic E-state index is 0.151. The molecule has 8 heteroatoms. The number of carbonyl (C=O) groups excluding carboxylic acids is 1. The first-order chi connectivity index (χ1) is 9.19. The monoisotopic (exact) mass is 311 g/mol. The molecule has 0 aromatic heterocycles. The van der Waals surface area contributed by atoms with Gasteiger partial charge in [-0.25, -0.2) is 0 Å². The maximum absolute atomic E-state index is 11.9. The summed E-state index contributed by atoms with van der Waals surface area (Å²) >= 11 is 5.86. The van der Waals surface area contributed by atoms with Crippen LogP contribution in [0.2, 0.25) is 5.02 Å². The quantitative estimate of drug-likeness (QED) is 0.878. The van der Waals surface area contributed by atoms with Crippen LogP contribution in [0.15, 0.2) is 18.2 Å². The SMILES string of the molecule is C[C@H](O)c1ccc(OCC(=O)NCC(F)(F)F)c(Cl)c1. The van der Waals surface area contributed by atoms with Gasteiger partial charge in [-0.1, -0.05) is 17.7 Å². The molecule has 0 bridgehead atoms. The normalized spacial score (nSPS) is 12.9. The summed E-state index contributed by atoms with van der Waals surface area (Å²) in [7, 11) is 0. The number of carbonyl (C=O) groups is 1. The molecule has 0 unspecified atom stereocenters. The highest BCUT2D eigenvalue weighted by molar-refractivity contribution is 6.32. The molecule has 1 aromatic carbocycles. The Balaban J connectivity index is 2.51. The van der Waals surface area contributed by atoms with E-state index in [9.17, 15) is 23.1 Å². The molecule has 0 saturated carbocycles. The zero-order chi connectivity index (χ0) is 15.3. The number of aliphatic hydroxyl groups excluding tert-OH is 1. The molecule has 2 N–H and O–H groups in total. The van der Waals surface area contributed by atoms with Crippen LogP contribution in [0.4, 0.5) is 13.2 Å². The summed E-state index contributed by atoms with van der Waals surface area (Å²) in [6.07, 6.45) is -5.18. The number of nitrogens with one attached hydrogen (secondary N) is 1. The van der Waals surface area contributed by atoms with Gasteiger partial charge in [0.2, 0.25) is 0 Å². The third-order valence-corrected chi connectivity index (χ3v) is 2.58. The van der Waals surface area contributed by atoms with Crippen molar-refractivity contribution in [1.29, 1.82) is 0 Å². The predicted molar refractivity (Wildman–Crippen MR) is 66.6 cm³/mol. The Bertz CT molecular complexity index is 478. The number of alkyl halides is 3. The lowest BCUT2D eigenvalue weighted by Gasteiger charge is -2.11. The van der Waals surface area contributed by atoms with Gasteiger partial charge in [-0.15, -0.1) is 0 Å². The topological polar surface area (TPSA) is 58.6 Å². The number of hydrogen-bond donors (Lipinski definition) is 2. The van der Waals surface area contributed by atoms with Gasteiger partial charge in [-0.3, -0.25) is 4.79 Å². The number of halogens is 4. The molecule has 0 radical (unpaired) electrons. The molecule has 0 saturated heterocycles. The van der Waals surface area contributed by atoms with Crippen molar-refractivity contribution in [2.24, 2.45) is 0 Å². The molecule has 0 aliphatic rings. The maximum atomic E-state index is 11.9. The second-order valence-electron chi connectivity index (χ2n) is 4.05. The van der Waals surface area contributed by atoms with Crippen LogP contribution in [0.1, 0.15) is 18.6 Å². The Morgan fingerprint density at radius 3 is 2.65 bits per heavy atom. The fourth-order valence-electron chi connectivity index (χ4n) is 1.29. The second kappa shape index (κ2) is 6.81. The number of amides is 1. The van der Waals surface area contributed by atoms with E-state index in [1.54, 1.807) is 18.3 Å². The van der Waals surface area contributed by atoms with Crippen molar-refractivity contribution >= 4 is 17.5 Å². The summed E-state index contributed by atoms with van der Waals surface area (Å²) in [6.45, 7) is -0.440. The van der Waals surface area contributed by atoms with Crippen LogP contribution in [0.25, 0.3) is 0 Å². The van der Waals surface area contributed by atoms with Gasteiger partial charge >= 0.3 is 6.18 Å². The Labute approximate surface area is 118 Å². The van der Waals surface area contributed by atoms with E-state index in [4.69, 9.17) is 16.3 Å². The highest BCUT2D eigenvalue weighted by Crippen LogP contribution is 2.27. The molecule has 0 heterocycles. The van der Waals surface area contributed by atoms with Gasteiger partial charge in [0.25, 0.3) is 5.91 Å². The number of rotatable bonds is 5. The van der Waals surface area contributed by atoms with Crippen molar-refractivity contribution in [3.63, 3.8) is 0 Å². The number of benzene rings is 1. The van der Waals surface area contributed by atoms with Crippen molar-refractivity contribution < 1.29 is 27.8 Å². The van der Waals surface area contributed by atoms with Gasteiger partial charge in [-0.2, -0.15) is 13.2 Å². The largest absolute Gasteiger partial charge is 0.482 e. The molecule has 0 aliphatic heterocycles. The predicted octanol–water partition coefficient (Wildman–Crippen LogP) is 2.45. The molecule has 0 spiro atoms. The molecule has 0 aliphatic carbocycles. The molecule has 4 nitrogen and oxygen atoms in total. The first-order valence-corrected chi connectivity index (χ1v) is 6.00. The van der Waals surface area contributed by atoms with Gasteiger partial charge in [0.1, 0.15) is 12.3 Å². The molecule has 20 heavy (non-hydrogen) atoms. The Morgan fingerprint density at radius 2 is 2.15 bits per heavy atom. The standard InChI is InChI=1S/C12H13ClF3NO3/c1-7(18)8-2-3-10(9(13)4-8)20-5-11(19)17-6-12(14,15)16/h2-4,7,18H,5-6H2,1H3,(H,17,19)/t7-/m0/s1. The number of ether oxygens (including phenoxy) is 1. The summed E-state index contributed by atoms with van der Waals surface area (Å²) in [6, 6.07) is 4.43. The van der Waals surface area contributed by atoms with Crippen molar-refractivity contribution in [3.8, 4) is 5.75 Å². The smallest absolute Gasteiger partial charge is 0.405 e. The van der Waals surface area contributed by atoms with Crippen molar-refractivity contribution in [1.82, 2.24) is 5.32 Å². The van der Waals surface area contributed by atoms with Crippen LogP contribution in [-0.4, -0.2) is 30.3 Å². The van der Waals surface area contributed by atoms with Crippen LogP contribution in [0.5, 0.6) is 5.75 Å².